The molecule has 1 aliphatic heterocycles. The molecule has 1 atom stereocenters. The van der Waals surface area contributed by atoms with E-state index in [-0.39, 0.29) is 5.57 Å². The van der Waals surface area contributed by atoms with Crippen LogP contribution in [0.1, 0.15) is 17.2 Å². The molecule has 6 nitrogen and oxygen atoms in total. The van der Waals surface area contributed by atoms with Gasteiger partial charge < -0.3 is 19.6 Å². The molecule has 0 aromatic heterocycles. The Bertz CT molecular complexity index is 936. The van der Waals surface area contributed by atoms with Crippen LogP contribution in [-0.2, 0) is 9.59 Å². The molecule has 152 valence electrons. The molecule has 0 spiro atoms. The smallest absolute Gasteiger partial charge is 0.295 e. The van der Waals surface area contributed by atoms with Gasteiger partial charge in [-0.3, -0.25) is 9.59 Å². The van der Waals surface area contributed by atoms with E-state index < -0.39 is 23.5 Å². The highest BCUT2D eigenvalue weighted by Crippen LogP contribution is 2.38. The van der Waals surface area contributed by atoms with Crippen LogP contribution in [0, 0.1) is 0 Å². The Kier molecular flexibility index (Phi) is 6.25. The fourth-order valence-corrected chi connectivity index (χ4v) is 3.46. The van der Waals surface area contributed by atoms with Crippen molar-refractivity contribution in [2.75, 3.05) is 34.3 Å². The van der Waals surface area contributed by atoms with Crippen molar-refractivity contribution in [2.24, 2.45) is 0 Å². The van der Waals surface area contributed by atoms with Crippen LogP contribution >= 0.6 is 11.6 Å². The summed E-state index contributed by atoms with van der Waals surface area (Å²) in [5.74, 6) is -1.20. The minimum Gasteiger partial charge on any atom is -0.872 e. The van der Waals surface area contributed by atoms with Gasteiger partial charge in [0.05, 0.1) is 40.3 Å². The lowest BCUT2D eigenvalue weighted by atomic mass is 9.95. The van der Waals surface area contributed by atoms with Crippen LogP contribution in [-0.4, -0.2) is 50.9 Å². The molecule has 1 saturated heterocycles. The van der Waals surface area contributed by atoms with Crippen molar-refractivity contribution in [2.45, 2.75) is 6.04 Å². The van der Waals surface area contributed by atoms with E-state index >= 15 is 0 Å². The standard InChI is InChI=1S/C22H23ClN2O4/c1-24(2)12-13-25-19(14-6-10-17(29-3)11-7-14)18(21(27)22(25)28)20(26)15-4-8-16(23)9-5-15/h4-11,19,26H,12-13H2,1-3H3/b20-18+. The second-order valence-corrected chi connectivity index (χ2v) is 7.65. The zero-order valence-corrected chi connectivity index (χ0v) is 17.3. The molecule has 1 aliphatic rings. The lowest BCUT2D eigenvalue weighted by Crippen LogP contribution is -3.06. The SMILES string of the molecule is COc1ccc(C2/C(=C(\[O-])c3ccc(Cl)cc3)C(=O)C(=O)N2CC[NH+](C)C)cc1. The lowest BCUT2D eigenvalue weighted by molar-refractivity contribution is -0.857. The molecule has 29 heavy (non-hydrogen) atoms. The van der Waals surface area contributed by atoms with E-state index in [1.807, 2.05) is 14.1 Å². The molecule has 1 unspecified atom stereocenters. The summed E-state index contributed by atoms with van der Waals surface area (Å²) in [7, 11) is 5.49. The summed E-state index contributed by atoms with van der Waals surface area (Å²) in [5, 5.41) is 13.7. The largest absolute Gasteiger partial charge is 0.872 e. The molecule has 1 amide bonds. The Morgan fingerprint density at radius 2 is 1.72 bits per heavy atom. The molecule has 1 N–H and O–H groups in total. The molecule has 2 aromatic carbocycles. The van der Waals surface area contributed by atoms with Crippen LogP contribution in [0.3, 0.4) is 0 Å². The van der Waals surface area contributed by atoms with Crippen molar-refractivity contribution in [1.29, 1.82) is 0 Å². The van der Waals surface area contributed by atoms with Gasteiger partial charge in [0.1, 0.15) is 5.75 Å². The molecule has 7 heteroatoms. The Balaban J connectivity index is 2.12. The summed E-state index contributed by atoms with van der Waals surface area (Å²) in [5.41, 5.74) is 0.983. The number of likely N-dealkylation sites (N-methyl/N-ethyl adjacent to an activating group) is 1. The third-order valence-electron chi connectivity index (χ3n) is 4.92. The number of hydrogen-bond donors (Lipinski definition) is 1. The van der Waals surface area contributed by atoms with Gasteiger partial charge in [0.15, 0.2) is 0 Å². The summed E-state index contributed by atoms with van der Waals surface area (Å²) < 4.78 is 5.20. The average molecular weight is 415 g/mol. The van der Waals surface area contributed by atoms with Crippen LogP contribution in [0.15, 0.2) is 54.1 Å². The molecular formula is C22H23ClN2O4. The second-order valence-electron chi connectivity index (χ2n) is 7.21. The van der Waals surface area contributed by atoms with Gasteiger partial charge in [-0.1, -0.05) is 41.6 Å². The van der Waals surface area contributed by atoms with Gasteiger partial charge in [0.25, 0.3) is 5.91 Å². The van der Waals surface area contributed by atoms with Crippen LogP contribution in [0.4, 0.5) is 0 Å². The van der Waals surface area contributed by atoms with Crippen LogP contribution in [0.25, 0.3) is 5.76 Å². The predicted molar refractivity (Wildman–Crippen MR) is 109 cm³/mol. The molecule has 1 fully saturated rings. The highest BCUT2D eigenvalue weighted by atomic mass is 35.5. The Labute approximate surface area is 174 Å². The van der Waals surface area contributed by atoms with Crippen molar-refractivity contribution in [3.63, 3.8) is 0 Å². The zero-order valence-electron chi connectivity index (χ0n) is 16.6. The topological polar surface area (TPSA) is 74.1 Å². The van der Waals surface area contributed by atoms with Gasteiger partial charge >= 0.3 is 0 Å². The van der Waals surface area contributed by atoms with Gasteiger partial charge in [0.2, 0.25) is 5.78 Å². The minimum absolute atomic E-state index is 0.0313. The Morgan fingerprint density at radius 3 is 2.28 bits per heavy atom. The number of hydrogen-bond acceptors (Lipinski definition) is 4. The van der Waals surface area contributed by atoms with Crippen molar-refractivity contribution in [1.82, 2.24) is 4.90 Å². The monoisotopic (exact) mass is 414 g/mol. The van der Waals surface area contributed by atoms with E-state index in [1.165, 1.54) is 4.90 Å². The number of ether oxygens (including phenoxy) is 1. The highest BCUT2D eigenvalue weighted by Gasteiger charge is 2.44. The van der Waals surface area contributed by atoms with Gasteiger partial charge in [-0.15, -0.1) is 0 Å². The number of Topliss-reactive ketones (excluding diaryl/α,β-unsaturated/α-hetero) is 1. The quantitative estimate of drug-likeness (QED) is 0.429. The molecule has 1 heterocycles. The maximum Gasteiger partial charge on any atom is 0.295 e. The molecular weight excluding hydrogens is 392 g/mol. The summed E-state index contributed by atoms with van der Waals surface area (Å²) in [6, 6.07) is 12.6. The van der Waals surface area contributed by atoms with E-state index in [9.17, 15) is 14.7 Å². The maximum atomic E-state index is 13.2. The number of carbonyl (C=O) groups is 2. The van der Waals surface area contributed by atoms with Crippen LogP contribution < -0.4 is 14.7 Å². The van der Waals surface area contributed by atoms with E-state index in [0.29, 0.717) is 35.0 Å². The Hall–Kier alpha value is -2.83. The number of rotatable bonds is 6. The number of amides is 1. The average Bonchev–Trinajstić information content (AvgIpc) is 2.97. The minimum atomic E-state index is -0.750. The van der Waals surface area contributed by atoms with Gasteiger partial charge in [-0.2, -0.15) is 0 Å². The molecule has 2 aromatic rings. The van der Waals surface area contributed by atoms with Crippen molar-refractivity contribution >= 4 is 29.1 Å². The van der Waals surface area contributed by atoms with Gasteiger partial charge in [-0.05, 0) is 35.4 Å². The number of nitrogens with one attached hydrogen (secondary N) is 1. The number of quaternary nitrogens is 1. The number of nitrogens with zero attached hydrogens (tertiary/aromatic N) is 1. The number of methoxy groups -OCH3 is 1. The van der Waals surface area contributed by atoms with E-state index in [4.69, 9.17) is 16.3 Å². The van der Waals surface area contributed by atoms with Gasteiger partial charge in [0, 0.05) is 10.6 Å². The summed E-state index contributed by atoms with van der Waals surface area (Å²) >= 11 is 5.91. The van der Waals surface area contributed by atoms with Crippen molar-refractivity contribution < 1.29 is 24.3 Å². The number of benzene rings is 2. The highest BCUT2D eigenvalue weighted by molar-refractivity contribution is 6.46. The van der Waals surface area contributed by atoms with E-state index in [1.54, 1.807) is 55.6 Å². The Morgan fingerprint density at radius 1 is 1.10 bits per heavy atom. The van der Waals surface area contributed by atoms with Crippen molar-refractivity contribution in [3.8, 4) is 5.75 Å². The summed E-state index contributed by atoms with van der Waals surface area (Å²) in [4.78, 5) is 28.2. The molecule has 0 saturated carbocycles. The first-order valence-corrected chi connectivity index (χ1v) is 9.66. The second kappa shape index (κ2) is 8.68. The lowest BCUT2D eigenvalue weighted by Gasteiger charge is -2.27. The third kappa shape index (κ3) is 4.28. The first-order valence-electron chi connectivity index (χ1n) is 9.29. The van der Waals surface area contributed by atoms with Crippen LogP contribution in [0.5, 0.6) is 5.75 Å². The third-order valence-corrected chi connectivity index (χ3v) is 5.17. The number of carbonyl (C=O) groups excluding carboxylic acids is 2. The first kappa shape index (κ1) is 20.9. The molecule has 3 rings (SSSR count). The normalized spacial score (nSPS) is 18.5. The fraction of sp³-hybridized carbons (Fsp3) is 0.273. The predicted octanol–water partition coefficient (Wildman–Crippen LogP) is 0.717. The van der Waals surface area contributed by atoms with Gasteiger partial charge in [-0.25, -0.2) is 0 Å². The fourth-order valence-electron chi connectivity index (χ4n) is 3.33. The summed E-state index contributed by atoms with van der Waals surface area (Å²) in [6.07, 6.45) is 0. The van der Waals surface area contributed by atoms with E-state index in [0.717, 1.165) is 4.90 Å². The number of halogens is 1. The van der Waals surface area contributed by atoms with Crippen LogP contribution in [0.2, 0.25) is 5.02 Å². The summed E-state index contributed by atoms with van der Waals surface area (Å²) in [6.45, 7) is 1.01. The molecule has 0 radical (unpaired) electrons. The first-order chi connectivity index (χ1) is 13.8. The zero-order chi connectivity index (χ0) is 21.1. The molecule has 0 aliphatic carbocycles. The van der Waals surface area contributed by atoms with Crippen molar-refractivity contribution in [3.05, 3.63) is 70.3 Å². The number of likely N-dealkylation sites (tertiary alicyclic amines) is 1. The van der Waals surface area contributed by atoms with E-state index in [2.05, 4.69) is 0 Å². The maximum absolute atomic E-state index is 13.2. The number of ketones is 1. The molecule has 0 bridgehead atoms.